The molecule has 0 aliphatic heterocycles. The first-order chi connectivity index (χ1) is 13.9. The molecule has 0 saturated heterocycles. The molecule has 10 heteroatoms. The third kappa shape index (κ3) is 8.74. The van der Waals surface area contributed by atoms with E-state index in [0.29, 0.717) is 37.8 Å². The fourth-order valence-corrected chi connectivity index (χ4v) is 2.63. The number of aliphatic imine (C=N–C) groups is 1. The Bertz CT molecular complexity index is 757. The molecule has 0 radical (unpaired) electrons. The Morgan fingerprint density at radius 3 is 2.40 bits per heavy atom. The standard InChI is InChI=1S/C20H26F3N5O.HI/c1-24-19(28-12-16(14-29)15-6-3-2-4-7-15)26-11-5-10-25-18-9-8-17(13-27-18)20(21,22)23;/h2-4,6-9,13,16,29H,5,10-12,14H2,1H3,(H,25,27)(H2,24,26,28);1H. The van der Waals surface area contributed by atoms with E-state index in [1.54, 1.807) is 7.05 Å². The highest BCUT2D eigenvalue weighted by molar-refractivity contribution is 14.0. The molecule has 2 rings (SSSR count). The predicted octanol–water partition coefficient (Wildman–Crippen LogP) is 3.46. The van der Waals surface area contributed by atoms with E-state index in [4.69, 9.17) is 0 Å². The second-order valence-electron chi connectivity index (χ2n) is 6.38. The third-order valence-corrected chi connectivity index (χ3v) is 4.27. The van der Waals surface area contributed by atoms with Crippen LogP contribution in [0.2, 0.25) is 0 Å². The minimum atomic E-state index is -4.38. The van der Waals surface area contributed by atoms with Crippen molar-refractivity contribution in [1.82, 2.24) is 15.6 Å². The maximum Gasteiger partial charge on any atom is 0.417 e. The van der Waals surface area contributed by atoms with E-state index in [2.05, 4.69) is 25.9 Å². The van der Waals surface area contributed by atoms with Gasteiger partial charge in [0.1, 0.15) is 5.82 Å². The molecule has 0 saturated carbocycles. The lowest BCUT2D eigenvalue weighted by atomic mass is 10.0. The van der Waals surface area contributed by atoms with E-state index in [0.717, 1.165) is 17.8 Å². The minimum Gasteiger partial charge on any atom is -0.396 e. The van der Waals surface area contributed by atoms with Crippen LogP contribution in [-0.4, -0.2) is 49.3 Å². The molecule has 1 aromatic heterocycles. The Morgan fingerprint density at radius 2 is 1.83 bits per heavy atom. The summed E-state index contributed by atoms with van der Waals surface area (Å²) >= 11 is 0. The molecule has 1 unspecified atom stereocenters. The monoisotopic (exact) mass is 537 g/mol. The molecule has 4 N–H and O–H groups in total. The number of aliphatic hydroxyl groups is 1. The number of aliphatic hydroxyl groups excluding tert-OH is 1. The Labute approximate surface area is 191 Å². The van der Waals surface area contributed by atoms with Crippen molar-refractivity contribution in [2.75, 3.05) is 38.6 Å². The highest BCUT2D eigenvalue weighted by Gasteiger charge is 2.30. The van der Waals surface area contributed by atoms with Crippen LogP contribution in [0.5, 0.6) is 0 Å². The van der Waals surface area contributed by atoms with Gasteiger partial charge in [0, 0.05) is 38.8 Å². The summed E-state index contributed by atoms with van der Waals surface area (Å²) in [6.07, 6.45) is -2.85. The summed E-state index contributed by atoms with van der Waals surface area (Å²) < 4.78 is 37.5. The SMILES string of the molecule is CN=C(NCCCNc1ccc(C(F)(F)F)cn1)NCC(CO)c1ccccc1.I. The van der Waals surface area contributed by atoms with Crippen molar-refractivity contribution in [2.45, 2.75) is 18.5 Å². The van der Waals surface area contributed by atoms with E-state index in [9.17, 15) is 18.3 Å². The van der Waals surface area contributed by atoms with Gasteiger partial charge in [0.25, 0.3) is 0 Å². The van der Waals surface area contributed by atoms with E-state index in [1.807, 2.05) is 30.3 Å². The van der Waals surface area contributed by atoms with E-state index in [1.165, 1.54) is 6.07 Å². The number of hydrogen-bond donors (Lipinski definition) is 4. The molecule has 2 aromatic rings. The van der Waals surface area contributed by atoms with Crippen molar-refractivity contribution in [2.24, 2.45) is 4.99 Å². The van der Waals surface area contributed by atoms with Crippen LogP contribution >= 0.6 is 24.0 Å². The molecular weight excluding hydrogens is 510 g/mol. The molecule has 0 aliphatic rings. The predicted molar refractivity (Wildman–Crippen MR) is 123 cm³/mol. The first-order valence-electron chi connectivity index (χ1n) is 9.31. The molecule has 0 bridgehead atoms. The summed E-state index contributed by atoms with van der Waals surface area (Å²) in [4.78, 5) is 7.92. The number of guanidine groups is 1. The molecule has 1 aromatic carbocycles. The number of aromatic nitrogens is 1. The van der Waals surface area contributed by atoms with Gasteiger partial charge in [-0.15, -0.1) is 24.0 Å². The fraction of sp³-hybridized carbons (Fsp3) is 0.400. The van der Waals surface area contributed by atoms with Gasteiger partial charge >= 0.3 is 6.18 Å². The minimum absolute atomic E-state index is 0. The number of rotatable bonds is 9. The number of halogens is 4. The average Bonchev–Trinajstić information content (AvgIpc) is 2.73. The van der Waals surface area contributed by atoms with Gasteiger partial charge in [0.2, 0.25) is 0 Å². The van der Waals surface area contributed by atoms with E-state index < -0.39 is 11.7 Å². The topological polar surface area (TPSA) is 81.6 Å². The van der Waals surface area contributed by atoms with Crippen molar-refractivity contribution in [1.29, 1.82) is 0 Å². The summed E-state index contributed by atoms with van der Waals surface area (Å²) in [5, 5.41) is 18.9. The molecular formula is C20H27F3IN5O. The van der Waals surface area contributed by atoms with Crippen LogP contribution in [-0.2, 0) is 6.18 Å². The zero-order chi connectivity index (χ0) is 21.1. The van der Waals surface area contributed by atoms with Crippen molar-refractivity contribution >= 4 is 35.8 Å². The number of hydrogen-bond acceptors (Lipinski definition) is 4. The number of nitrogens with zero attached hydrogens (tertiary/aromatic N) is 2. The van der Waals surface area contributed by atoms with Gasteiger partial charge in [0.05, 0.1) is 12.2 Å². The second kappa shape index (κ2) is 13.3. The maximum absolute atomic E-state index is 12.5. The van der Waals surface area contributed by atoms with Gasteiger partial charge in [-0.1, -0.05) is 30.3 Å². The van der Waals surface area contributed by atoms with Crippen LogP contribution in [0.15, 0.2) is 53.7 Å². The molecule has 6 nitrogen and oxygen atoms in total. The van der Waals surface area contributed by atoms with Gasteiger partial charge in [-0.3, -0.25) is 4.99 Å². The highest BCUT2D eigenvalue weighted by Crippen LogP contribution is 2.28. The Hall–Kier alpha value is -2.08. The van der Waals surface area contributed by atoms with Gasteiger partial charge in [-0.05, 0) is 24.1 Å². The molecule has 1 atom stereocenters. The molecule has 0 amide bonds. The Kier molecular flexibility index (Phi) is 11.5. The quantitative estimate of drug-likeness (QED) is 0.171. The lowest BCUT2D eigenvalue weighted by Gasteiger charge is -2.18. The molecule has 0 spiro atoms. The van der Waals surface area contributed by atoms with Crippen molar-refractivity contribution < 1.29 is 18.3 Å². The van der Waals surface area contributed by atoms with Crippen molar-refractivity contribution in [3.63, 3.8) is 0 Å². The second-order valence-corrected chi connectivity index (χ2v) is 6.38. The first kappa shape index (κ1) is 26.0. The number of benzene rings is 1. The molecule has 0 aliphatic carbocycles. The number of nitrogens with one attached hydrogen (secondary N) is 3. The summed E-state index contributed by atoms with van der Waals surface area (Å²) in [5.41, 5.74) is 0.280. The van der Waals surface area contributed by atoms with Crippen LogP contribution < -0.4 is 16.0 Å². The molecule has 0 fully saturated rings. The summed E-state index contributed by atoms with van der Waals surface area (Å²) in [7, 11) is 1.66. The molecule has 166 valence electrons. The smallest absolute Gasteiger partial charge is 0.396 e. The van der Waals surface area contributed by atoms with Crippen molar-refractivity contribution in [3.05, 3.63) is 59.8 Å². The van der Waals surface area contributed by atoms with E-state index >= 15 is 0 Å². The van der Waals surface area contributed by atoms with Gasteiger partial charge < -0.3 is 21.1 Å². The van der Waals surface area contributed by atoms with E-state index in [-0.39, 0.29) is 36.5 Å². The van der Waals surface area contributed by atoms with Crippen LogP contribution in [0.4, 0.5) is 19.0 Å². The number of pyridine rings is 1. The largest absolute Gasteiger partial charge is 0.417 e. The Morgan fingerprint density at radius 1 is 1.10 bits per heavy atom. The lowest BCUT2D eigenvalue weighted by Crippen LogP contribution is -2.40. The van der Waals surface area contributed by atoms with Crippen LogP contribution in [0.3, 0.4) is 0 Å². The van der Waals surface area contributed by atoms with Crippen LogP contribution in [0.1, 0.15) is 23.5 Å². The number of anilines is 1. The summed E-state index contributed by atoms with van der Waals surface area (Å²) in [6, 6.07) is 12.1. The normalized spacial score (nSPS) is 12.6. The fourth-order valence-electron chi connectivity index (χ4n) is 2.63. The number of alkyl halides is 3. The van der Waals surface area contributed by atoms with Crippen LogP contribution in [0.25, 0.3) is 0 Å². The summed E-state index contributed by atoms with van der Waals surface area (Å²) in [6.45, 7) is 1.72. The average molecular weight is 537 g/mol. The molecule has 1 heterocycles. The highest BCUT2D eigenvalue weighted by atomic mass is 127. The first-order valence-corrected chi connectivity index (χ1v) is 9.31. The lowest BCUT2D eigenvalue weighted by molar-refractivity contribution is -0.137. The summed E-state index contributed by atoms with van der Waals surface area (Å²) in [5.74, 6) is 0.975. The maximum atomic E-state index is 12.5. The zero-order valence-corrected chi connectivity index (χ0v) is 18.9. The molecule has 30 heavy (non-hydrogen) atoms. The van der Waals surface area contributed by atoms with Gasteiger partial charge in [-0.25, -0.2) is 4.98 Å². The zero-order valence-electron chi connectivity index (χ0n) is 16.6. The third-order valence-electron chi connectivity index (χ3n) is 4.27. The van der Waals surface area contributed by atoms with Gasteiger partial charge in [0.15, 0.2) is 5.96 Å². The Balaban J connectivity index is 0.00000450. The van der Waals surface area contributed by atoms with Crippen molar-refractivity contribution in [3.8, 4) is 0 Å². The van der Waals surface area contributed by atoms with Gasteiger partial charge in [-0.2, -0.15) is 13.2 Å². The van der Waals surface area contributed by atoms with Crippen LogP contribution in [0, 0.1) is 0 Å².